The average Bonchev–Trinajstić information content (AvgIpc) is 2.63. The molecule has 7 heteroatoms. The van der Waals surface area contributed by atoms with Crippen molar-refractivity contribution in [1.82, 2.24) is 20.2 Å². The summed E-state index contributed by atoms with van der Waals surface area (Å²) in [5.74, 6) is -0.544. The van der Waals surface area contributed by atoms with Crippen LogP contribution in [-0.4, -0.2) is 32.8 Å². The molecule has 0 amide bonds. The summed E-state index contributed by atoms with van der Waals surface area (Å²) in [6.07, 6.45) is 0.247. The molecule has 1 aromatic heterocycles. The quantitative estimate of drug-likeness (QED) is 0.615. The number of carbonyl (C=O) groups is 1. The molecule has 0 atom stereocenters. The highest BCUT2D eigenvalue weighted by Crippen LogP contribution is 1.96. The number of nitriles is 1. The maximum absolute atomic E-state index is 11.2. The van der Waals surface area contributed by atoms with Crippen molar-refractivity contribution in [3.05, 3.63) is 5.82 Å². The first-order valence-electron chi connectivity index (χ1n) is 4.09. The third-order valence-corrected chi connectivity index (χ3v) is 1.43. The van der Waals surface area contributed by atoms with Gasteiger partial charge in [-0.25, -0.2) is 9.48 Å². The van der Waals surface area contributed by atoms with Gasteiger partial charge in [0.25, 0.3) is 5.82 Å². The van der Waals surface area contributed by atoms with Gasteiger partial charge < -0.3 is 4.74 Å². The molecule has 0 saturated heterocycles. The number of hydrogen-bond acceptors (Lipinski definition) is 6. The molecule has 7 nitrogen and oxygen atoms in total. The summed E-state index contributed by atoms with van der Waals surface area (Å²) < 4.78 is 5.97. The molecule has 14 heavy (non-hydrogen) atoms. The Labute approximate surface area is 80.3 Å². The molecule has 0 radical (unpaired) electrons. The van der Waals surface area contributed by atoms with E-state index in [1.165, 1.54) is 4.68 Å². The summed E-state index contributed by atoms with van der Waals surface area (Å²) in [5.41, 5.74) is 0. The molecule has 1 rings (SSSR count). The van der Waals surface area contributed by atoms with E-state index >= 15 is 0 Å². The smallest absolute Gasteiger partial charge is 0.378 e. The largest absolute Gasteiger partial charge is 0.460 e. The number of hydrogen-bond donors (Lipinski definition) is 0. The SMILES string of the molecule is CCOC(=O)c1nnnn1CCC#N. The third-order valence-electron chi connectivity index (χ3n) is 1.43. The Morgan fingerprint density at radius 1 is 1.71 bits per heavy atom. The lowest BCUT2D eigenvalue weighted by atomic mass is 10.4. The minimum atomic E-state index is -0.574. The van der Waals surface area contributed by atoms with Crippen LogP contribution in [0.15, 0.2) is 0 Å². The van der Waals surface area contributed by atoms with Crippen LogP contribution in [0.2, 0.25) is 0 Å². The van der Waals surface area contributed by atoms with Crippen LogP contribution < -0.4 is 0 Å². The summed E-state index contributed by atoms with van der Waals surface area (Å²) >= 11 is 0. The number of aromatic nitrogens is 4. The topological polar surface area (TPSA) is 93.7 Å². The summed E-state index contributed by atoms with van der Waals surface area (Å²) in [6.45, 7) is 2.25. The number of aryl methyl sites for hydroxylation is 1. The zero-order chi connectivity index (χ0) is 10.4. The van der Waals surface area contributed by atoms with Crippen molar-refractivity contribution in [3.8, 4) is 6.07 Å². The second-order valence-electron chi connectivity index (χ2n) is 2.35. The Balaban J connectivity index is 2.72. The molecule has 0 N–H and O–H groups in total. The Hall–Kier alpha value is -1.97. The monoisotopic (exact) mass is 195 g/mol. The van der Waals surface area contributed by atoms with Crippen molar-refractivity contribution in [1.29, 1.82) is 5.26 Å². The van der Waals surface area contributed by atoms with Crippen molar-refractivity contribution in [2.45, 2.75) is 19.9 Å². The molecule has 0 aromatic carbocycles. The van der Waals surface area contributed by atoms with Crippen LogP contribution in [-0.2, 0) is 11.3 Å². The van der Waals surface area contributed by atoms with E-state index in [1.807, 2.05) is 6.07 Å². The first-order valence-corrected chi connectivity index (χ1v) is 4.09. The molecular weight excluding hydrogens is 186 g/mol. The molecule has 0 unspecified atom stereocenters. The number of rotatable bonds is 4. The Morgan fingerprint density at radius 2 is 2.50 bits per heavy atom. The van der Waals surface area contributed by atoms with Gasteiger partial charge in [0.05, 0.1) is 25.6 Å². The normalized spacial score (nSPS) is 9.43. The molecule has 1 aromatic rings. The molecule has 0 spiro atoms. The minimum absolute atomic E-state index is 0.0297. The van der Waals surface area contributed by atoms with Crippen molar-refractivity contribution in [3.63, 3.8) is 0 Å². The predicted molar refractivity (Wildman–Crippen MR) is 44.0 cm³/mol. The maximum atomic E-state index is 11.2. The summed E-state index contributed by atoms with van der Waals surface area (Å²) in [4.78, 5) is 11.2. The van der Waals surface area contributed by atoms with E-state index in [1.54, 1.807) is 6.92 Å². The van der Waals surface area contributed by atoms with Crippen molar-refractivity contribution in [2.75, 3.05) is 6.61 Å². The van der Waals surface area contributed by atoms with E-state index in [0.29, 0.717) is 0 Å². The molecular formula is C7H9N5O2. The first kappa shape index (κ1) is 10.1. The highest BCUT2D eigenvalue weighted by atomic mass is 16.5. The van der Waals surface area contributed by atoms with Crippen LogP contribution in [0, 0.1) is 11.3 Å². The van der Waals surface area contributed by atoms with E-state index in [2.05, 4.69) is 15.5 Å². The van der Waals surface area contributed by atoms with Gasteiger partial charge in [-0.15, -0.1) is 5.10 Å². The minimum Gasteiger partial charge on any atom is -0.460 e. The molecule has 0 aliphatic carbocycles. The van der Waals surface area contributed by atoms with Gasteiger partial charge >= 0.3 is 5.97 Å². The maximum Gasteiger partial charge on any atom is 0.378 e. The molecule has 0 saturated carbocycles. The summed E-state index contributed by atoms with van der Waals surface area (Å²) in [6, 6.07) is 1.94. The van der Waals surface area contributed by atoms with Crippen LogP contribution >= 0.6 is 0 Å². The van der Waals surface area contributed by atoms with E-state index < -0.39 is 5.97 Å². The highest BCUT2D eigenvalue weighted by Gasteiger charge is 2.15. The highest BCUT2D eigenvalue weighted by molar-refractivity contribution is 5.85. The van der Waals surface area contributed by atoms with Gasteiger partial charge in [0.2, 0.25) is 0 Å². The first-order chi connectivity index (χ1) is 6.79. The van der Waals surface area contributed by atoms with Gasteiger partial charge in [-0.3, -0.25) is 0 Å². The number of esters is 1. The van der Waals surface area contributed by atoms with Gasteiger partial charge in [-0.2, -0.15) is 5.26 Å². The van der Waals surface area contributed by atoms with Crippen molar-refractivity contribution >= 4 is 5.97 Å². The Kier molecular flexibility index (Phi) is 3.55. The van der Waals surface area contributed by atoms with Gasteiger partial charge in [0.15, 0.2) is 0 Å². The van der Waals surface area contributed by atoms with Gasteiger partial charge in [-0.1, -0.05) is 0 Å². The molecule has 0 bridgehead atoms. The van der Waals surface area contributed by atoms with E-state index in [4.69, 9.17) is 10.00 Å². The summed E-state index contributed by atoms with van der Waals surface area (Å²) in [5, 5.41) is 18.7. The van der Waals surface area contributed by atoms with Crippen LogP contribution in [0.5, 0.6) is 0 Å². The second kappa shape index (κ2) is 4.91. The standard InChI is InChI=1S/C7H9N5O2/c1-2-14-7(13)6-9-10-11-12(6)5-3-4-8/h2-3,5H2,1H3. The number of nitrogens with zero attached hydrogens (tertiary/aromatic N) is 5. The molecule has 0 fully saturated rings. The van der Waals surface area contributed by atoms with Crippen molar-refractivity contribution in [2.24, 2.45) is 0 Å². The van der Waals surface area contributed by atoms with Crippen LogP contribution in [0.1, 0.15) is 24.0 Å². The van der Waals surface area contributed by atoms with Gasteiger partial charge in [-0.05, 0) is 17.4 Å². The zero-order valence-corrected chi connectivity index (χ0v) is 7.67. The fraction of sp³-hybridized carbons (Fsp3) is 0.571. The fourth-order valence-electron chi connectivity index (χ4n) is 0.853. The zero-order valence-electron chi connectivity index (χ0n) is 7.67. The summed E-state index contributed by atoms with van der Waals surface area (Å²) in [7, 11) is 0. The van der Waals surface area contributed by atoms with Gasteiger partial charge in [0, 0.05) is 0 Å². The van der Waals surface area contributed by atoms with Crippen LogP contribution in [0.3, 0.4) is 0 Å². The lowest BCUT2D eigenvalue weighted by molar-refractivity contribution is 0.0504. The Morgan fingerprint density at radius 3 is 3.14 bits per heavy atom. The average molecular weight is 195 g/mol. The second-order valence-corrected chi connectivity index (χ2v) is 2.35. The fourth-order valence-corrected chi connectivity index (χ4v) is 0.853. The number of ether oxygens (including phenoxy) is 1. The van der Waals surface area contributed by atoms with E-state index in [-0.39, 0.29) is 25.4 Å². The van der Waals surface area contributed by atoms with Crippen molar-refractivity contribution < 1.29 is 9.53 Å². The molecule has 0 aliphatic rings. The number of carbonyl (C=O) groups excluding carboxylic acids is 1. The van der Waals surface area contributed by atoms with E-state index in [0.717, 1.165) is 0 Å². The van der Waals surface area contributed by atoms with Crippen LogP contribution in [0.25, 0.3) is 0 Å². The van der Waals surface area contributed by atoms with E-state index in [9.17, 15) is 4.79 Å². The van der Waals surface area contributed by atoms with Gasteiger partial charge in [0.1, 0.15) is 0 Å². The predicted octanol–water partition coefficient (Wildman–Crippen LogP) is -0.237. The lowest BCUT2D eigenvalue weighted by Crippen LogP contribution is -2.14. The molecule has 1 heterocycles. The molecule has 74 valence electrons. The number of tetrazole rings is 1. The van der Waals surface area contributed by atoms with Crippen LogP contribution in [0.4, 0.5) is 0 Å². The molecule has 0 aliphatic heterocycles. The third kappa shape index (κ3) is 2.26. The lowest BCUT2D eigenvalue weighted by Gasteiger charge is -2.00. The Bertz CT molecular complexity index is 353.